The number of aryl methyl sites for hydroxylation is 1. The number of carbonyl (C=O) groups excluding carboxylic acids is 1. The number of nitrogens with one attached hydrogen (secondary N) is 1. The van der Waals surface area contributed by atoms with Gasteiger partial charge in [0.05, 0.1) is 6.54 Å². The van der Waals surface area contributed by atoms with E-state index in [1.807, 2.05) is 0 Å². The summed E-state index contributed by atoms with van der Waals surface area (Å²) >= 11 is 1.53. The Morgan fingerprint density at radius 3 is 2.95 bits per heavy atom. The predicted molar refractivity (Wildman–Crippen MR) is 81.1 cm³/mol. The SMILES string of the molecule is CN(C)[C@H]1CCN(CC(=O)NCCSc2nnnn2C)C1. The summed E-state index contributed by atoms with van der Waals surface area (Å²) in [5.41, 5.74) is 0. The maximum absolute atomic E-state index is 11.9. The van der Waals surface area contributed by atoms with E-state index in [0.29, 0.717) is 19.1 Å². The molecule has 1 saturated heterocycles. The Morgan fingerprint density at radius 1 is 1.52 bits per heavy atom. The van der Waals surface area contributed by atoms with E-state index in [9.17, 15) is 4.79 Å². The average Bonchev–Trinajstić information content (AvgIpc) is 3.04. The highest BCUT2D eigenvalue weighted by molar-refractivity contribution is 7.99. The molecule has 0 aliphatic carbocycles. The minimum absolute atomic E-state index is 0.0890. The van der Waals surface area contributed by atoms with Gasteiger partial charge in [0.2, 0.25) is 11.1 Å². The van der Waals surface area contributed by atoms with E-state index in [1.165, 1.54) is 11.8 Å². The second kappa shape index (κ2) is 7.71. The van der Waals surface area contributed by atoms with Crippen molar-refractivity contribution in [3.63, 3.8) is 0 Å². The smallest absolute Gasteiger partial charge is 0.234 e. The fourth-order valence-corrected chi connectivity index (χ4v) is 3.02. The molecule has 1 atom stereocenters. The third-order valence-electron chi connectivity index (χ3n) is 3.58. The van der Waals surface area contributed by atoms with Gasteiger partial charge in [-0.15, -0.1) is 5.10 Å². The number of rotatable bonds is 7. The summed E-state index contributed by atoms with van der Waals surface area (Å²) in [6.07, 6.45) is 1.13. The Kier molecular flexibility index (Phi) is 5.95. The van der Waals surface area contributed by atoms with Gasteiger partial charge in [0.1, 0.15) is 0 Å². The maximum Gasteiger partial charge on any atom is 0.234 e. The monoisotopic (exact) mass is 313 g/mol. The Hall–Kier alpha value is -1.19. The number of hydrogen-bond acceptors (Lipinski definition) is 7. The van der Waals surface area contributed by atoms with Gasteiger partial charge in [-0.25, -0.2) is 4.68 Å². The van der Waals surface area contributed by atoms with Crippen LogP contribution in [0.1, 0.15) is 6.42 Å². The van der Waals surface area contributed by atoms with Crippen LogP contribution in [0.2, 0.25) is 0 Å². The highest BCUT2D eigenvalue weighted by Gasteiger charge is 2.24. The molecule has 8 nitrogen and oxygen atoms in total. The lowest BCUT2D eigenvalue weighted by atomic mass is 10.2. The van der Waals surface area contributed by atoms with E-state index in [2.05, 4.69) is 44.7 Å². The lowest BCUT2D eigenvalue weighted by molar-refractivity contribution is -0.121. The zero-order valence-corrected chi connectivity index (χ0v) is 13.6. The third-order valence-corrected chi connectivity index (χ3v) is 4.59. The second-order valence-corrected chi connectivity index (χ2v) is 6.49. The number of hydrogen-bond donors (Lipinski definition) is 1. The van der Waals surface area contributed by atoms with E-state index < -0.39 is 0 Å². The summed E-state index contributed by atoms with van der Waals surface area (Å²) in [5.74, 6) is 0.853. The lowest BCUT2D eigenvalue weighted by Crippen LogP contribution is -2.38. The van der Waals surface area contributed by atoms with Crippen LogP contribution in [0.3, 0.4) is 0 Å². The molecule has 21 heavy (non-hydrogen) atoms. The van der Waals surface area contributed by atoms with Crippen molar-refractivity contribution in [1.82, 2.24) is 35.3 Å². The van der Waals surface area contributed by atoms with Crippen LogP contribution in [0.5, 0.6) is 0 Å². The van der Waals surface area contributed by atoms with Gasteiger partial charge in [0.25, 0.3) is 0 Å². The molecule has 0 aromatic carbocycles. The minimum atomic E-state index is 0.0890. The number of likely N-dealkylation sites (N-methyl/N-ethyl adjacent to an activating group) is 1. The molecule has 9 heteroatoms. The number of likely N-dealkylation sites (tertiary alicyclic amines) is 1. The molecular weight excluding hydrogens is 290 g/mol. The molecule has 1 N–H and O–H groups in total. The number of aromatic nitrogens is 4. The van der Waals surface area contributed by atoms with Crippen molar-refractivity contribution in [3.05, 3.63) is 0 Å². The number of nitrogens with zero attached hydrogens (tertiary/aromatic N) is 6. The van der Waals surface area contributed by atoms with E-state index in [4.69, 9.17) is 0 Å². The van der Waals surface area contributed by atoms with E-state index in [1.54, 1.807) is 11.7 Å². The van der Waals surface area contributed by atoms with Crippen LogP contribution in [-0.4, -0.2) is 88.0 Å². The predicted octanol–water partition coefficient (Wildman–Crippen LogP) is -0.946. The topological polar surface area (TPSA) is 79.2 Å². The van der Waals surface area contributed by atoms with Crippen LogP contribution in [0.4, 0.5) is 0 Å². The molecule has 1 aliphatic heterocycles. The van der Waals surface area contributed by atoms with Crippen molar-refractivity contribution in [2.45, 2.75) is 17.6 Å². The molecule has 0 unspecified atom stereocenters. The molecule has 0 radical (unpaired) electrons. The van der Waals surface area contributed by atoms with Crippen molar-refractivity contribution in [3.8, 4) is 0 Å². The Labute approximate surface area is 129 Å². The Morgan fingerprint density at radius 2 is 2.33 bits per heavy atom. The van der Waals surface area contributed by atoms with Crippen LogP contribution >= 0.6 is 11.8 Å². The molecule has 0 saturated carbocycles. The Balaban J connectivity index is 1.59. The molecule has 2 heterocycles. The molecule has 1 aromatic rings. The zero-order chi connectivity index (χ0) is 15.2. The third kappa shape index (κ3) is 4.94. The van der Waals surface area contributed by atoms with Crippen molar-refractivity contribution < 1.29 is 4.79 Å². The molecule has 0 spiro atoms. The van der Waals surface area contributed by atoms with Gasteiger partial charge in [-0.1, -0.05) is 11.8 Å². The molecule has 1 aromatic heterocycles. The largest absolute Gasteiger partial charge is 0.354 e. The quantitative estimate of drug-likeness (QED) is 0.514. The molecule has 0 bridgehead atoms. The van der Waals surface area contributed by atoms with Gasteiger partial charge in [-0.3, -0.25) is 9.69 Å². The summed E-state index contributed by atoms with van der Waals surface area (Å²) in [7, 11) is 5.98. The normalized spacial score (nSPS) is 19.3. The van der Waals surface area contributed by atoms with Gasteiger partial charge in [0, 0.05) is 38.5 Å². The van der Waals surface area contributed by atoms with E-state index in [-0.39, 0.29) is 5.91 Å². The van der Waals surface area contributed by atoms with Gasteiger partial charge in [-0.05, 0) is 30.9 Å². The zero-order valence-electron chi connectivity index (χ0n) is 12.8. The molecule has 1 amide bonds. The van der Waals surface area contributed by atoms with Crippen molar-refractivity contribution >= 4 is 17.7 Å². The molecule has 1 aliphatic rings. The van der Waals surface area contributed by atoms with Crippen molar-refractivity contribution in [1.29, 1.82) is 0 Å². The lowest BCUT2D eigenvalue weighted by Gasteiger charge is -2.20. The van der Waals surface area contributed by atoms with E-state index in [0.717, 1.165) is 30.4 Å². The molecule has 1 fully saturated rings. The number of amides is 1. The van der Waals surface area contributed by atoms with Crippen LogP contribution in [0, 0.1) is 0 Å². The summed E-state index contributed by atoms with van der Waals surface area (Å²) < 4.78 is 1.62. The number of tetrazole rings is 1. The number of thioether (sulfide) groups is 1. The minimum Gasteiger partial charge on any atom is -0.354 e. The maximum atomic E-state index is 11.9. The van der Waals surface area contributed by atoms with Crippen molar-refractivity contribution in [2.24, 2.45) is 7.05 Å². The fourth-order valence-electron chi connectivity index (χ4n) is 2.31. The van der Waals surface area contributed by atoms with Crippen LogP contribution in [0.25, 0.3) is 0 Å². The second-order valence-electron chi connectivity index (χ2n) is 5.42. The van der Waals surface area contributed by atoms with Crippen LogP contribution in [-0.2, 0) is 11.8 Å². The molecular formula is C12H23N7OS. The summed E-state index contributed by atoms with van der Waals surface area (Å²) in [6.45, 7) is 3.08. The van der Waals surface area contributed by atoms with Gasteiger partial charge in [0.15, 0.2) is 0 Å². The van der Waals surface area contributed by atoms with Crippen LogP contribution in [0.15, 0.2) is 5.16 Å². The first kappa shape index (κ1) is 16.2. The van der Waals surface area contributed by atoms with Crippen LogP contribution < -0.4 is 5.32 Å². The van der Waals surface area contributed by atoms with Gasteiger partial charge < -0.3 is 10.2 Å². The van der Waals surface area contributed by atoms with Gasteiger partial charge >= 0.3 is 0 Å². The number of carbonyl (C=O) groups is 1. The van der Waals surface area contributed by atoms with E-state index >= 15 is 0 Å². The first-order valence-electron chi connectivity index (χ1n) is 7.07. The summed E-state index contributed by atoms with van der Waals surface area (Å²) in [4.78, 5) is 16.3. The molecule has 2 rings (SSSR count). The highest BCUT2D eigenvalue weighted by Crippen LogP contribution is 2.12. The fraction of sp³-hybridized carbons (Fsp3) is 0.833. The Bertz CT molecular complexity index is 464. The standard InChI is InChI=1S/C12H23N7OS/c1-17(2)10-4-6-19(8-10)9-11(20)13-5-7-21-12-14-15-16-18(12)3/h10H,4-9H2,1-3H3,(H,13,20)/t10-/m0/s1. The van der Waals surface area contributed by atoms with Gasteiger partial charge in [-0.2, -0.15) is 0 Å². The first-order valence-corrected chi connectivity index (χ1v) is 8.05. The first-order chi connectivity index (χ1) is 10.1. The highest BCUT2D eigenvalue weighted by atomic mass is 32.2. The molecule has 118 valence electrons. The van der Waals surface area contributed by atoms with Crippen molar-refractivity contribution in [2.75, 3.05) is 46.0 Å². The summed E-state index contributed by atoms with van der Waals surface area (Å²) in [6, 6.07) is 0.566. The average molecular weight is 313 g/mol. The summed E-state index contributed by atoms with van der Waals surface area (Å²) in [5, 5.41) is 14.9.